The lowest BCUT2D eigenvalue weighted by Gasteiger charge is -2.14. The van der Waals surface area contributed by atoms with Crippen LogP contribution in [-0.4, -0.2) is 36.1 Å². The molecule has 10 heteroatoms. The first-order valence-corrected chi connectivity index (χ1v) is 10.6. The predicted molar refractivity (Wildman–Crippen MR) is 125 cm³/mol. The van der Waals surface area contributed by atoms with E-state index in [2.05, 4.69) is 16.1 Å². The summed E-state index contributed by atoms with van der Waals surface area (Å²) in [5.41, 5.74) is 3.38. The van der Waals surface area contributed by atoms with Crippen molar-refractivity contribution < 1.29 is 19.1 Å². The van der Waals surface area contributed by atoms with Crippen LogP contribution in [-0.2, 0) is 9.59 Å². The lowest BCUT2D eigenvalue weighted by atomic mass is 10.2. The molecule has 0 spiro atoms. The molecule has 1 heterocycles. The number of carbonyl (C=O) groups excluding carboxylic acids is 3. The van der Waals surface area contributed by atoms with Gasteiger partial charge in [0, 0.05) is 27.7 Å². The molecule has 0 bridgehead atoms. The minimum atomic E-state index is -0.913. The van der Waals surface area contributed by atoms with Crippen molar-refractivity contribution in [1.29, 1.82) is 0 Å². The third kappa shape index (κ3) is 5.33. The summed E-state index contributed by atoms with van der Waals surface area (Å²) in [5, 5.41) is 6.59. The Morgan fingerprint density at radius 3 is 2.41 bits per heavy atom. The van der Waals surface area contributed by atoms with E-state index in [4.69, 9.17) is 27.9 Å². The Balaban J connectivity index is 1.97. The van der Waals surface area contributed by atoms with Gasteiger partial charge in [-0.1, -0.05) is 48.7 Å². The molecule has 0 radical (unpaired) electrons. The third-order valence-electron chi connectivity index (χ3n) is 4.60. The number of ether oxygens (including phenoxy) is 1. The molecule has 0 aliphatic carbocycles. The van der Waals surface area contributed by atoms with Gasteiger partial charge in [-0.3, -0.25) is 19.8 Å². The lowest BCUT2D eigenvalue weighted by Crippen LogP contribution is -2.40. The van der Waals surface area contributed by atoms with E-state index >= 15 is 0 Å². The summed E-state index contributed by atoms with van der Waals surface area (Å²) in [6.45, 7) is 2.35. The van der Waals surface area contributed by atoms with Gasteiger partial charge in [0.25, 0.3) is 5.91 Å². The highest BCUT2D eigenvalue weighted by molar-refractivity contribution is 6.38. The number of anilines is 1. The molecular weight excluding hydrogens is 455 g/mol. The minimum absolute atomic E-state index is 0.0790. The number of para-hydroxylation sites is 1. The van der Waals surface area contributed by atoms with Gasteiger partial charge in [0.05, 0.1) is 7.11 Å². The number of benzene rings is 2. The van der Waals surface area contributed by atoms with Crippen LogP contribution in [0.1, 0.15) is 30.3 Å². The Bertz CT molecular complexity index is 1160. The van der Waals surface area contributed by atoms with E-state index in [1.165, 1.54) is 17.9 Å². The summed E-state index contributed by atoms with van der Waals surface area (Å²) >= 11 is 12.0. The normalized spacial score (nSPS) is 10.6. The molecule has 3 amide bonds. The molecule has 168 valence electrons. The van der Waals surface area contributed by atoms with E-state index in [9.17, 15) is 14.4 Å². The number of hydrogen-bond donors (Lipinski definition) is 3. The first-order valence-electron chi connectivity index (χ1n) is 9.89. The van der Waals surface area contributed by atoms with Crippen LogP contribution < -0.4 is 20.8 Å². The molecule has 0 saturated carbocycles. The average molecular weight is 477 g/mol. The summed E-state index contributed by atoms with van der Waals surface area (Å²) in [5.74, 6) is -1.85. The minimum Gasteiger partial charge on any atom is -0.494 e. The summed E-state index contributed by atoms with van der Waals surface area (Å²) in [7, 11) is 1.47. The van der Waals surface area contributed by atoms with Crippen molar-refractivity contribution in [1.82, 2.24) is 9.99 Å². The third-order valence-corrected chi connectivity index (χ3v) is 5.03. The van der Waals surface area contributed by atoms with E-state index < -0.39 is 17.7 Å². The number of nitrogens with zero attached hydrogens (tertiary/aromatic N) is 1. The molecule has 3 aromatic rings. The van der Waals surface area contributed by atoms with Gasteiger partial charge in [-0.15, -0.1) is 0 Å². The fourth-order valence-corrected chi connectivity index (χ4v) is 3.63. The first-order chi connectivity index (χ1) is 15.3. The Labute approximate surface area is 194 Å². The van der Waals surface area contributed by atoms with E-state index in [1.807, 2.05) is 6.92 Å². The number of hydrogen-bond acceptors (Lipinski definition) is 4. The van der Waals surface area contributed by atoms with Crippen molar-refractivity contribution in [2.75, 3.05) is 24.4 Å². The van der Waals surface area contributed by atoms with Gasteiger partial charge < -0.3 is 15.4 Å². The zero-order chi connectivity index (χ0) is 23.3. The number of nitrogens with one attached hydrogen (secondary N) is 3. The monoisotopic (exact) mass is 476 g/mol. The van der Waals surface area contributed by atoms with Crippen LogP contribution in [0.25, 0.3) is 10.9 Å². The highest BCUT2D eigenvalue weighted by Crippen LogP contribution is 2.29. The van der Waals surface area contributed by atoms with E-state index in [1.54, 1.807) is 36.4 Å². The van der Waals surface area contributed by atoms with Crippen LogP contribution >= 0.6 is 23.2 Å². The second kappa shape index (κ2) is 10.4. The van der Waals surface area contributed by atoms with Crippen molar-refractivity contribution in [3.05, 3.63) is 58.2 Å². The molecule has 2 aromatic carbocycles. The Morgan fingerprint density at radius 1 is 1.03 bits per heavy atom. The first kappa shape index (κ1) is 23.4. The summed E-state index contributed by atoms with van der Waals surface area (Å²) in [6.07, 6.45) is 1.62. The maximum Gasteiger partial charge on any atom is 0.328 e. The number of halogens is 2. The van der Waals surface area contributed by atoms with Crippen molar-refractivity contribution in [2.45, 2.75) is 19.8 Å². The molecule has 1 aromatic heterocycles. The van der Waals surface area contributed by atoms with Crippen LogP contribution in [0.15, 0.2) is 42.5 Å². The zero-order valence-corrected chi connectivity index (χ0v) is 19.0. The van der Waals surface area contributed by atoms with Gasteiger partial charge in [-0.05, 0) is 36.8 Å². The van der Waals surface area contributed by atoms with E-state index in [0.29, 0.717) is 38.9 Å². The molecule has 3 rings (SSSR count). The van der Waals surface area contributed by atoms with Gasteiger partial charge in [-0.25, -0.2) is 4.68 Å². The molecule has 3 N–H and O–H groups in total. The van der Waals surface area contributed by atoms with Crippen LogP contribution in [0.4, 0.5) is 5.69 Å². The maximum absolute atomic E-state index is 13.1. The smallest absolute Gasteiger partial charge is 0.328 e. The number of carbonyl (C=O) groups is 3. The van der Waals surface area contributed by atoms with Crippen molar-refractivity contribution in [2.24, 2.45) is 0 Å². The fourth-order valence-electron chi connectivity index (χ4n) is 3.11. The van der Waals surface area contributed by atoms with Crippen molar-refractivity contribution in [3.8, 4) is 5.75 Å². The number of aromatic nitrogens is 1. The predicted octanol–water partition coefficient (Wildman–Crippen LogP) is 4.20. The molecule has 0 aliphatic rings. The second-order valence-corrected chi connectivity index (χ2v) is 7.80. The second-order valence-electron chi connectivity index (χ2n) is 6.93. The highest BCUT2D eigenvalue weighted by Gasteiger charge is 2.22. The maximum atomic E-state index is 13.1. The lowest BCUT2D eigenvalue weighted by molar-refractivity contribution is -0.136. The molecule has 0 atom stereocenters. The van der Waals surface area contributed by atoms with Gasteiger partial charge in [0.15, 0.2) is 0 Å². The summed E-state index contributed by atoms with van der Waals surface area (Å²) in [6, 6.07) is 11.4. The Hall–Kier alpha value is -3.23. The highest BCUT2D eigenvalue weighted by atomic mass is 35.5. The quantitative estimate of drug-likeness (QED) is 0.351. The van der Waals surface area contributed by atoms with Crippen LogP contribution in [0.5, 0.6) is 5.75 Å². The molecule has 0 unspecified atom stereocenters. The van der Waals surface area contributed by atoms with Crippen molar-refractivity contribution >= 4 is 57.5 Å². The SMILES string of the molecule is CCCCNC(=O)C(=O)Nn1c(C(=O)Nc2cc(Cl)cc(Cl)c2)cc2cccc(OC)c21. The topological polar surface area (TPSA) is 101 Å². The number of rotatable bonds is 7. The van der Waals surface area contributed by atoms with Crippen LogP contribution in [0.2, 0.25) is 10.0 Å². The Kier molecular flexibility index (Phi) is 7.61. The van der Waals surface area contributed by atoms with Gasteiger partial charge in [-0.2, -0.15) is 0 Å². The fraction of sp³-hybridized carbons (Fsp3) is 0.227. The zero-order valence-electron chi connectivity index (χ0n) is 17.5. The van der Waals surface area contributed by atoms with Gasteiger partial charge in [0.1, 0.15) is 17.0 Å². The van der Waals surface area contributed by atoms with Crippen molar-refractivity contribution in [3.63, 3.8) is 0 Å². The molecule has 0 aliphatic heterocycles. The summed E-state index contributed by atoms with van der Waals surface area (Å²) < 4.78 is 6.63. The van der Waals surface area contributed by atoms with E-state index in [-0.39, 0.29) is 5.69 Å². The number of unbranched alkanes of at least 4 members (excludes halogenated alkanes) is 1. The number of methoxy groups -OCH3 is 1. The van der Waals surface area contributed by atoms with Gasteiger partial charge >= 0.3 is 11.8 Å². The van der Waals surface area contributed by atoms with Crippen LogP contribution in [0, 0.1) is 0 Å². The standard InChI is InChI=1S/C22H22Cl2N4O4/c1-3-4-8-25-21(30)22(31)27-28-17(9-13-6-5-7-18(32-2)19(13)28)20(29)26-16-11-14(23)10-15(24)12-16/h5-7,9-12H,3-4,8H2,1-2H3,(H,25,30)(H,26,29)(H,27,31). The largest absolute Gasteiger partial charge is 0.494 e. The molecule has 0 fully saturated rings. The van der Waals surface area contributed by atoms with Crippen LogP contribution in [0.3, 0.4) is 0 Å². The number of fused-ring (bicyclic) bond motifs is 1. The molecular formula is C22H22Cl2N4O4. The number of amides is 3. The molecule has 0 saturated heterocycles. The average Bonchev–Trinajstić information content (AvgIpc) is 3.11. The summed E-state index contributed by atoms with van der Waals surface area (Å²) in [4.78, 5) is 37.8. The van der Waals surface area contributed by atoms with E-state index in [0.717, 1.165) is 12.8 Å². The van der Waals surface area contributed by atoms with Gasteiger partial charge in [0.2, 0.25) is 0 Å². The Morgan fingerprint density at radius 2 is 1.75 bits per heavy atom. The molecule has 8 nitrogen and oxygen atoms in total. The molecule has 32 heavy (non-hydrogen) atoms.